The molecule has 1 heterocycles. The average Bonchev–Trinajstić information content (AvgIpc) is 2.60. The molecule has 2 amide bonds. The normalized spacial score (nSPS) is 11.3. The number of halogens is 3. The maximum Gasteiger partial charge on any atom is 0.417 e. The quantitative estimate of drug-likeness (QED) is 0.502. The molecule has 0 aliphatic heterocycles. The molecule has 0 bridgehead atoms. The minimum absolute atomic E-state index is 0.0840. The Balaban J connectivity index is 1.91. The van der Waals surface area contributed by atoms with Gasteiger partial charge in [-0.3, -0.25) is 14.6 Å². The summed E-state index contributed by atoms with van der Waals surface area (Å²) in [6.45, 7) is 0.0840. The number of amides is 2. The summed E-state index contributed by atoms with van der Waals surface area (Å²) in [5.74, 6) is -2.06. The fraction of sp³-hybridized carbons (Fsp3) is 0.125. The molecule has 9 heteroatoms. The van der Waals surface area contributed by atoms with Crippen LogP contribution in [0.1, 0.15) is 16.7 Å². The van der Waals surface area contributed by atoms with Crippen molar-refractivity contribution in [2.24, 2.45) is 5.10 Å². The lowest BCUT2D eigenvalue weighted by molar-refractivity contribution is -0.139. The standard InChI is InChI=1S/C16H13F3N4O2/c17-16(18,19)13-6-2-1-5-12(13)10-22-23-15(25)14(24)21-9-11-4-3-7-20-8-11/h1-8,10H,9H2,(H,21,24)(H,23,25). The number of benzene rings is 1. The van der Waals surface area contributed by atoms with Gasteiger partial charge < -0.3 is 5.32 Å². The Morgan fingerprint density at radius 3 is 2.56 bits per heavy atom. The second-order valence-electron chi connectivity index (χ2n) is 4.83. The lowest BCUT2D eigenvalue weighted by Gasteiger charge is -2.09. The Labute approximate surface area is 140 Å². The first-order valence-electron chi connectivity index (χ1n) is 7.04. The van der Waals surface area contributed by atoms with E-state index in [9.17, 15) is 22.8 Å². The number of nitrogens with one attached hydrogen (secondary N) is 2. The Morgan fingerprint density at radius 1 is 1.12 bits per heavy atom. The van der Waals surface area contributed by atoms with E-state index < -0.39 is 23.6 Å². The first-order valence-corrected chi connectivity index (χ1v) is 7.04. The molecule has 6 nitrogen and oxygen atoms in total. The van der Waals surface area contributed by atoms with Gasteiger partial charge in [0, 0.05) is 24.5 Å². The number of rotatable bonds is 4. The number of hydrogen-bond acceptors (Lipinski definition) is 4. The SMILES string of the molecule is O=C(NCc1cccnc1)C(=O)NN=Cc1ccccc1C(F)(F)F. The van der Waals surface area contributed by atoms with Gasteiger partial charge in [0.25, 0.3) is 0 Å². The molecule has 0 saturated heterocycles. The predicted octanol–water partition coefficient (Wildman–Crippen LogP) is 1.87. The predicted molar refractivity (Wildman–Crippen MR) is 83.3 cm³/mol. The number of hydrazone groups is 1. The fourth-order valence-electron chi connectivity index (χ4n) is 1.84. The van der Waals surface area contributed by atoms with Crippen LogP contribution in [0.5, 0.6) is 0 Å². The van der Waals surface area contributed by atoms with E-state index >= 15 is 0 Å². The minimum atomic E-state index is -4.55. The van der Waals surface area contributed by atoms with Crippen LogP contribution < -0.4 is 10.7 Å². The van der Waals surface area contributed by atoms with Crippen LogP contribution in [0.2, 0.25) is 0 Å². The summed E-state index contributed by atoms with van der Waals surface area (Å²) in [6, 6.07) is 8.11. The number of aromatic nitrogens is 1. The first-order chi connectivity index (χ1) is 11.9. The number of hydrogen-bond donors (Lipinski definition) is 2. The Bertz CT molecular complexity index is 776. The van der Waals surface area contributed by atoms with Crippen molar-refractivity contribution < 1.29 is 22.8 Å². The van der Waals surface area contributed by atoms with Gasteiger partial charge in [-0.25, -0.2) is 5.43 Å². The lowest BCUT2D eigenvalue weighted by Crippen LogP contribution is -2.37. The van der Waals surface area contributed by atoms with Gasteiger partial charge in [0.1, 0.15) is 0 Å². The van der Waals surface area contributed by atoms with Gasteiger partial charge in [0.2, 0.25) is 0 Å². The van der Waals surface area contributed by atoms with Crippen LogP contribution in [0.25, 0.3) is 0 Å². The summed E-state index contributed by atoms with van der Waals surface area (Å²) in [6.07, 6.45) is -0.640. The zero-order valence-corrected chi connectivity index (χ0v) is 12.7. The number of carbonyl (C=O) groups is 2. The number of nitrogens with zero attached hydrogens (tertiary/aromatic N) is 2. The van der Waals surface area contributed by atoms with E-state index in [1.165, 1.54) is 24.4 Å². The van der Waals surface area contributed by atoms with Crippen LogP contribution in [0.3, 0.4) is 0 Å². The van der Waals surface area contributed by atoms with Gasteiger partial charge >= 0.3 is 18.0 Å². The summed E-state index contributed by atoms with van der Waals surface area (Å²) in [5.41, 5.74) is 1.44. The molecular weight excluding hydrogens is 337 g/mol. The Kier molecular flexibility index (Phi) is 5.83. The third-order valence-electron chi connectivity index (χ3n) is 3.02. The molecule has 130 valence electrons. The second kappa shape index (κ2) is 8.04. The largest absolute Gasteiger partial charge is 0.417 e. The van der Waals surface area contributed by atoms with E-state index in [-0.39, 0.29) is 12.1 Å². The highest BCUT2D eigenvalue weighted by molar-refractivity contribution is 6.35. The van der Waals surface area contributed by atoms with E-state index in [0.717, 1.165) is 12.3 Å². The summed E-state index contributed by atoms with van der Waals surface area (Å²) in [4.78, 5) is 27.0. The molecule has 25 heavy (non-hydrogen) atoms. The highest BCUT2D eigenvalue weighted by Crippen LogP contribution is 2.30. The van der Waals surface area contributed by atoms with Crippen molar-refractivity contribution in [2.75, 3.05) is 0 Å². The molecular formula is C16H13F3N4O2. The topological polar surface area (TPSA) is 83.5 Å². The monoisotopic (exact) mass is 350 g/mol. The van der Waals surface area contributed by atoms with Crippen molar-refractivity contribution in [1.82, 2.24) is 15.7 Å². The molecule has 2 aromatic rings. The first kappa shape index (κ1) is 18.1. The van der Waals surface area contributed by atoms with Crippen LogP contribution >= 0.6 is 0 Å². The summed E-state index contributed by atoms with van der Waals surface area (Å²) in [5, 5.41) is 5.73. The number of alkyl halides is 3. The summed E-state index contributed by atoms with van der Waals surface area (Å²) >= 11 is 0. The third kappa shape index (κ3) is 5.41. The average molecular weight is 350 g/mol. The molecule has 0 unspecified atom stereocenters. The van der Waals surface area contributed by atoms with E-state index in [4.69, 9.17) is 0 Å². The molecule has 0 fully saturated rings. The van der Waals surface area contributed by atoms with Crippen molar-refractivity contribution in [3.8, 4) is 0 Å². The highest BCUT2D eigenvalue weighted by atomic mass is 19.4. The summed E-state index contributed by atoms with van der Waals surface area (Å²) < 4.78 is 38.4. The molecule has 2 N–H and O–H groups in total. The zero-order chi connectivity index (χ0) is 18.3. The van der Waals surface area contributed by atoms with E-state index in [1.807, 2.05) is 5.43 Å². The molecule has 0 saturated carbocycles. The van der Waals surface area contributed by atoms with Crippen LogP contribution in [0.15, 0.2) is 53.9 Å². The smallest absolute Gasteiger partial charge is 0.344 e. The van der Waals surface area contributed by atoms with Crippen LogP contribution in [-0.2, 0) is 22.3 Å². The molecule has 0 spiro atoms. The maximum absolute atomic E-state index is 12.8. The number of pyridine rings is 1. The molecule has 0 radical (unpaired) electrons. The maximum atomic E-state index is 12.8. The van der Waals surface area contributed by atoms with Crippen molar-refractivity contribution >= 4 is 18.0 Å². The van der Waals surface area contributed by atoms with Gasteiger partial charge in [0.15, 0.2) is 0 Å². The van der Waals surface area contributed by atoms with E-state index in [0.29, 0.717) is 5.56 Å². The molecule has 0 atom stereocenters. The van der Waals surface area contributed by atoms with Crippen molar-refractivity contribution in [1.29, 1.82) is 0 Å². The third-order valence-corrected chi connectivity index (χ3v) is 3.02. The molecule has 1 aromatic carbocycles. The zero-order valence-electron chi connectivity index (χ0n) is 12.7. The second-order valence-corrected chi connectivity index (χ2v) is 4.83. The molecule has 1 aromatic heterocycles. The minimum Gasteiger partial charge on any atom is -0.344 e. The summed E-state index contributed by atoms with van der Waals surface area (Å²) in [7, 11) is 0. The molecule has 2 rings (SSSR count). The van der Waals surface area contributed by atoms with Gasteiger partial charge in [-0.05, 0) is 17.7 Å². The van der Waals surface area contributed by atoms with E-state index in [1.54, 1.807) is 18.3 Å². The Hall–Kier alpha value is -3.23. The molecule has 0 aliphatic carbocycles. The van der Waals surface area contributed by atoms with Gasteiger partial charge in [-0.15, -0.1) is 0 Å². The van der Waals surface area contributed by atoms with Crippen LogP contribution in [-0.4, -0.2) is 23.0 Å². The van der Waals surface area contributed by atoms with Gasteiger partial charge in [-0.2, -0.15) is 18.3 Å². The highest BCUT2D eigenvalue weighted by Gasteiger charge is 2.32. The fourth-order valence-corrected chi connectivity index (χ4v) is 1.84. The lowest BCUT2D eigenvalue weighted by atomic mass is 10.1. The van der Waals surface area contributed by atoms with Crippen molar-refractivity contribution in [3.05, 3.63) is 65.5 Å². The van der Waals surface area contributed by atoms with Crippen molar-refractivity contribution in [2.45, 2.75) is 12.7 Å². The number of carbonyl (C=O) groups excluding carboxylic acids is 2. The van der Waals surface area contributed by atoms with Gasteiger partial charge in [0.05, 0.1) is 11.8 Å². The van der Waals surface area contributed by atoms with Crippen LogP contribution in [0.4, 0.5) is 13.2 Å². The Morgan fingerprint density at radius 2 is 1.88 bits per heavy atom. The van der Waals surface area contributed by atoms with Crippen molar-refractivity contribution in [3.63, 3.8) is 0 Å². The van der Waals surface area contributed by atoms with E-state index in [2.05, 4.69) is 15.4 Å². The van der Waals surface area contributed by atoms with Crippen LogP contribution in [0, 0.1) is 0 Å². The van der Waals surface area contributed by atoms with Gasteiger partial charge in [-0.1, -0.05) is 24.3 Å². The molecule has 0 aliphatic rings.